The molecule has 1 atom stereocenters. The molecule has 0 spiro atoms. The quantitative estimate of drug-likeness (QED) is 0.646. The summed E-state index contributed by atoms with van der Waals surface area (Å²) in [6, 6.07) is 6.94. The molecule has 2 aromatic rings. The van der Waals surface area contributed by atoms with E-state index in [4.69, 9.17) is 4.74 Å². The van der Waals surface area contributed by atoms with Gasteiger partial charge in [0, 0.05) is 30.4 Å². The summed E-state index contributed by atoms with van der Waals surface area (Å²) >= 11 is 0. The molecule has 9 heteroatoms. The number of nitrogens with zero attached hydrogens (tertiary/aromatic N) is 2. The molecular formula is C17H15F3N4O2. The average Bonchev–Trinajstić information content (AvgIpc) is 2.95. The van der Waals surface area contributed by atoms with Crippen LogP contribution in [0.15, 0.2) is 47.8 Å². The minimum absolute atomic E-state index is 0.0185. The van der Waals surface area contributed by atoms with Crippen LogP contribution >= 0.6 is 0 Å². The first-order valence-corrected chi connectivity index (χ1v) is 7.67. The van der Waals surface area contributed by atoms with Gasteiger partial charge in [0.15, 0.2) is 0 Å². The molecule has 1 heterocycles. The van der Waals surface area contributed by atoms with Crippen LogP contribution in [0.2, 0.25) is 0 Å². The molecule has 0 aliphatic heterocycles. The van der Waals surface area contributed by atoms with E-state index in [2.05, 4.69) is 15.5 Å². The SMILES string of the molecule is COc1ccc2c(c1)C(NC(F)(F)F)CC2=NNC(=O)c1cccnc1. The second-order valence-electron chi connectivity index (χ2n) is 5.59. The zero-order chi connectivity index (χ0) is 18.7. The summed E-state index contributed by atoms with van der Waals surface area (Å²) in [5.41, 5.74) is 3.95. The molecule has 3 rings (SSSR count). The van der Waals surface area contributed by atoms with E-state index in [1.165, 1.54) is 25.6 Å². The lowest BCUT2D eigenvalue weighted by Gasteiger charge is -2.16. The van der Waals surface area contributed by atoms with E-state index in [0.29, 0.717) is 28.2 Å². The van der Waals surface area contributed by atoms with Gasteiger partial charge in [-0.25, -0.2) is 10.7 Å². The van der Waals surface area contributed by atoms with Crippen molar-refractivity contribution < 1.29 is 22.7 Å². The highest BCUT2D eigenvalue weighted by Gasteiger charge is 2.37. The number of aromatic nitrogens is 1. The summed E-state index contributed by atoms with van der Waals surface area (Å²) in [5, 5.41) is 5.63. The number of nitrogens with one attached hydrogen (secondary N) is 2. The second-order valence-corrected chi connectivity index (χ2v) is 5.59. The molecule has 0 saturated heterocycles. The van der Waals surface area contributed by atoms with Crippen molar-refractivity contribution in [3.63, 3.8) is 0 Å². The Morgan fingerprint density at radius 2 is 2.15 bits per heavy atom. The molecule has 136 valence electrons. The van der Waals surface area contributed by atoms with E-state index in [-0.39, 0.29) is 6.42 Å². The van der Waals surface area contributed by atoms with E-state index >= 15 is 0 Å². The van der Waals surface area contributed by atoms with Gasteiger partial charge in [0.05, 0.1) is 18.4 Å². The Morgan fingerprint density at radius 3 is 2.81 bits per heavy atom. The van der Waals surface area contributed by atoms with Gasteiger partial charge in [0.1, 0.15) is 5.75 Å². The van der Waals surface area contributed by atoms with Crippen LogP contribution in [0.5, 0.6) is 5.75 Å². The van der Waals surface area contributed by atoms with E-state index in [1.807, 2.05) is 0 Å². The third-order valence-electron chi connectivity index (χ3n) is 3.90. The summed E-state index contributed by atoms with van der Waals surface area (Å²) in [5.74, 6) is -0.0498. The average molecular weight is 364 g/mol. The number of methoxy groups -OCH3 is 1. The van der Waals surface area contributed by atoms with Crippen molar-refractivity contribution in [1.82, 2.24) is 15.7 Å². The Labute approximate surface area is 147 Å². The van der Waals surface area contributed by atoms with Gasteiger partial charge in [-0.05, 0) is 35.9 Å². The number of hydrogen-bond donors (Lipinski definition) is 2. The summed E-state index contributed by atoms with van der Waals surface area (Å²) in [4.78, 5) is 15.9. The number of ether oxygens (including phenoxy) is 1. The maximum atomic E-state index is 12.8. The number of rotatable bonds is 4. The zero-order valence-corrected chi connectivity index (χ0v) is 13.7. The molecule has 0 bridgehead atoms. The number of hydrogen-bond acceptors (Lipinski definition) is 5. The Hall–Kier alpha value is -2.94. The lowest BCUT2D eigenvalue weighted by atomic mass is 10.1. The fourth-order valence-corrected chi connectivity index (χ4v) is 2.74. The van der Waals surface area contributed by atoms with Crippen LogP contribution < -0.4 is 15.5 Å². The van der Waals surface area contributed by atoms with Gasteiger partial charge in [0.25, 0.3) is 5.91 Å². The van der Waals surface area contributed by atoms with Crippen molar-refractivity contribution >= 4 is 11.6 Å². The van der Waals surface area contributed by atoms with E-state index in [0.717, 1.165) is 0 Å². The Balaban J connectivity index is 1.86. The van der Waals surface area contributed by atoms with Crippen molar-refractivity contribution in [2.24, 2.45) is 5.10 Å². The minimum Gasteiger partial charge on any atom is -0.497 e. The molecule has 1 aromatic carbocycles. The molecule has 0 radical (unpaired) electrons. The molecule has 1 aromatic heterocycles. The third kappa shape index (κ3) is 3.99. The van der Waals surface area contributed by atoms with Crippen LogP contribution in [0.4, 0.5) is 13.2 Å². The van der Waals surface area contributed by atoms with Crippen LogP contribution in [-0.2, 0) is 0 Å². The van der Waals surface area contributed by atoms with Crippen LogP contribution in [0.3, 0.4) is 0 Å². The highest BCUT2D eigenvalue weighted by molar-refractivity contribution is 6.06. The summed E-state index contributed by atoms with van der Waals surface area (Å²) in [6.07, 6.45) is -1.66. The lowest BCUT2D eigenvalue weighted by Crippen LogP contribution is -2.34. The Morgan fingerprint density at radius 1 is 1.35 bits per heavy atom. The number of carbonyl (C=O) groups excluding carboxylic acids is 1. The number of fused-ring (bicyclic) bond motifs is 1. The molecule has 1 aliphatic rings. The molecule has 1 amide bonds. The van der Waals surface area contributed by atoms with Crippen molar-refractivity contribution in [3.05, 3.63) is 59.4 Å². The number of halogens is 3. The van der Waals surface area contributed by atoms with Crippen molar-refractivity contribution in [2.75, 3.05) is 7.11 Å². The largest absolute Gasteiger partial charge is 0.497 e. The lowest BCUT2D eigenvalue weighted by molar-refractivity contribution is -0.164. The topological polar surface area (TPSA) is 75.6 Å². The van der Waals surface area contributed by atoms with E-state index in [1.54, 1.807) is 29.6 Å². The van der Waals surface area contributed by atoms with E-state index in [9.17, 15) is 18.0 Å². The van der Waals surface area contributed by atoms with Crippen molar-refractivity contribution in [2.45, 2.75) is 18.8 Å². The number of benzene rings is 1. The fourth-order valence-electron chi connectivity index (χ4n) is 2.74. The molecule has 1 unspecified atom stereocenters. The molecule has 0 fully saturated rings. The van der Waals surface area contributed by atoms with Gasteiger partial charge in [0.2, 0.25) is 0 Å². The maximum absolute atomic E-state index is 12.8. The smallest absolute Gasteiger partial charge is 0.457 e. The first-order valence-electron chi connectivity index (χ1n) is 7.67. The number of alkyl halides is 3. The van der Waals surface area contributed by atoms with Gasteiger partial charge in [-0.15, -0.1) is 0 Å². The zero-order valence-electron chi connectivity index (χ0n) is 13.7. The minimum atomic E-state index is -4.54. The predicted molar refractivity (Wildman–Crippen MR) is 87.8 cm³/mol. The summed E-state index contributed by atoms with van der Waals surface area (Å²) < 4.78 is 43.4. The van der Waals surface area contributed by atoms with Gasteiger partial charge in [-0.1, -0.05) is 0 Å². The highest BCUT2D eigenvalue weighted by Crippen LogP contribution is 2.36. The normalized spacial score (nSPS) is 17.8. The number of carbonyl (C=O) groups is 1. The Kier molecular flexibility index (Phi) is 4.90. The van der Waals surface area contributed by atoms with Gasteiger partial charge >= 0.3 is 6.30 Å². The monoisotopic (exact) mass is 364 g/mol. The predicted octanol–water partition coefficient (Wildman–Crippen LogP) is 2.78. The summed E-state index contributed by atoms with van der Waals surface area (Å²) in [7, 11) is 1.44. The second kappa shape index (κ2) is 7.12. The number of pyridine rings is 1. The fraction of sp³-hybridized carbons (Fsp3) is 0.235. The first-order chi connectivity index (χ1) is 12.4. The van der Waals surface area contributed by atoms with Gasteiger partial charge < -0.3 is 4.74 Å². The van der Waals surface area contributed by atoms with Gasteiger partial charge in [-0.2, -0.15) is 18.3 Å². The molecule has 6 nitrogen and oxygen atoms in total. The Bertz CT molecular complexity index is 838. The molecular weight excluding hydrogens is 349 g/mol. The van der Waals surface area contributed by atoms with Crippen molar-refractivity contribution in [3.8, 4) is 5.75 Å². The first kappa shape index (κ1) is 17.9. The third-order valence-corrected chi connectivity index (χ3v) is 3.90. The van der Waals surface area contributed by atoms with Gasteiger partial charge in [-0.3, -0.25) is 9.78 Å². The number of amides is 1. The summed E-state index contributed by atoms with van der Waals surface area (Å²) in [6.45, 7) is 0. The van der Waals surface area contributed by atoms with Crippen LogP contribution in [0.25, 0.3) is 0 Å². The highest BCUT2D eigenvalue weighted by atomic mass is 19.4. The molecule has 1 aliphatic carbocycles. The van der Waals surface area contributed by atoms with Crippen LogP contribution in [0.1, 0.15) is 33.9 Å². The van der Waals surface area contributed by atoms with Crippen LogP contribution in [-0.4, -0.2) is 30.0 Å². The standard InChI is InChI=1S/C17H15F3N4O2/c1-26-11-4-5-12-13(7-11)14(22-17(18,19)20)8-15(12)23-24-16(25)10-3-2-6-21-9-10/h2-7,9,14,22H,8H2,1H3,(H,24,25). The maximum Gasteiger partial charge on any atom is 0.457 e. The van der Waals surface area contributed by atoms with Crippen molar-refractivity contribution in [1.29, 1.82) is 0 Å². The van der Waals surface area contributed by atoms with Crippen LogP contribution in [0, 0.1) is 0 Å². The molecule has 0 saturated carbocycles. The van der Waals surface area contributed by atoms with E-state index < -0.39 is 18.2 Å². The molecule has 2 N–H and O–H groups in total. The molecule has 26 heavy (non-hydrogen) atoms. The number of hydrazone groups is 1.